The molecule has 1 amide bonds. The van der Waals surface area contributed by atoms with Crippen molar-refractivity contribution in [2.24, 2.45) is 17.1 Å². The highest BCUT2D eigenvalue weighted by Gasteiger charge is 2.72. The van der Waals surface area contributed by atoms with Gasteiger partial charge in [-0.2, -0.15) is 0 Å². The van der Waals surface area contributed by atoms with Crippen LogP contribution in [0.15, 0.2) is 0 Å². The summed E-state index contributed by atoms with van der Waals surface area (Å²) < 4.78 is 5.78. The molecule has 0 bridgehead atoms. The first-order valence-corrected chi connectivity index (χ1v) is 8.27. The number of aliphatic hydroxyl groups is 1. The average molecular weight is 296 g/mol. The van der Waals surface area contributed by atoms with Crippen molar-refractivity contribution in [1.82, 2.24) is 4.90 Å². The maximum absolute atomic E-state index is 13.2. The number of ether oxygens (including phenoxy) is 1. The number of carbonyl (C=O) groups excluding carboxylic acids is 1. The van der Waals surface area contributed by atoms with Crippen LogP contribution in [0.2, 0.25) is 0 Å². The number of likely N-dealkylation sites (tertiary alicyclic amines) is 1. The molecule has 3 aliphatic rings. The fraction of sp³-hybridized carbons (Fsp3) is 0.938. The van der Waals surface area contributed by atoms with Gasteiger partial charge in [0, 0.05) is 37.1 Å². The van der Waals surface area contributed by atoms with Gasteiger partial charge >= 0.3 is 0 Å². The zero-order valence-corrected chi connectivity index (χ0v) is 13.2. The van der Waals surface area contributed by atoms with Gasteiger partial charge in [0.25, 0.3) is 0 Å². The predicted molar refractivity (Wildman–Crippen MR) is 79.6 cm³/mol. The van der Waals surface area contributed by atoms with Crippen molar-refractivity contribution in [3.05, 3.63) is 0 Å². The molecule has 4 atom stereocenters. The lowest BCUT2D eigenvalue weighted by Gasteiger charge is -2.62. The molecule has 0 radical (unpaired) electrons. The molecule has 2 saturated heterocycles. The van der Waals surface area contributed by atoms with E-state index in [0.29, 0.717) is 13.0 Å². The molecular formula is C16H28N2O3. The van der Waals surface area contributed by atoms with Gasteiger partial charge in [0.1, 0.15) is 5.54 Å². The Morgan fingerprint density at radius 3 is 2.86 bits per heavy atom. The van der Waals surface area contributed by atoms with E-state index in [2.05, 4.69) is 13.8 Å². The summed E-state index contributed by atoms with van der Waals surface area (Å²) in [6.07, 6.45) is 4.81. The topological polar surface area (TPSA) is 75.8 Å². The van der Waals surface area contributed by atoms with E-state index >= 15 is 0 Å². The van der Waals surface area contributed by atoms with Gasteiger partial charge in [-0.1, -0.05) is 13.8 Å². The van der Waals surface area contributed by atoms with E-state index in [1.165, 1.54) is 0 Å². The molecule has 0 spiro atoms. The van der Waals surface area contributed by atoms with Crippen molar-refractivity contribution < 1.29 is 14.6 Å². The maximum atomic E-state index is 13.2. The normalized spacial score (nSPS) is 41.5. The number of fused-ring (bicyclic) bond motifs is 1. The van der Waals surface area contributed by atoms with Crippen LogP contribution in [0.1, 0.15) is 46.0 Å². The van der Waals surface area contributed by atoms with E-state index in [4.69, 9.17) is 10.5 Å². The molecule has 21 heavy (non-hydrogen) atoms. The summed E-state index contributed by atoms with van der Waals surface area (Å²) >= 11 is 0. The highest BCUT2D eigenvalue weighted by molar-refractivity contribution is 5.90. The van der Waals surface area contributed by atoms with Crippen LogP contribution >= 0.6 is 0 Å². The minimum Gasteiger partial charge on any atom is -0.396 e. The van der Waals surface area contributed by atoms with Crippen LogP contribution < -0.4 is 5.73 Å². The zero-order valence-electron chi connectivity index (χ0n) is 13.2. The summed E-state index contributed by atoms with van der Waals surface area (Å²) in [4.78, 5) is 15.2. The third kappa shape index (κ3) is 1.97. The van der Waals surface area contributed by atoms with E-state index in [1.807, 2.05) is 4.90 Å². The van der Waals surface area contributed by atoms with Gasteiger partial charge in [0.2, 0.25) is 5.91 Å². The van der Waals surface area contributed by atoms with Crippen molar-refractivity contribution in [1.29, 1.82) is 0 Å². The number of carbonyl (C=O) groups is 1. The third-order valence-electron chi connectivity index (χ3n) is 6.16. The number of amides is 1. The molecule has 0 aromatic rings. The van der Waals surface area contributed by atoms with Gasteiger partial charge in [0.15, 0.2) is 0 Å². The van der Waals surface area contributed by atoms with Crippen LogP contribution in [0.3, 0.4) is 0 Å². The molecule has 0 aromatic heterocycles. The SMILES string of the molecule is CC1(C)C2OCCC2C1(N)C(=O)N1CCCCC1CCO. The fourth-order valence-corrected chi connectivity index (χ4v) is 4.77. The first kappa shape index (κ1) is 15.3. The summed E-state index contributed by atoms with van der Waals surface area (Å²) in [6.45, 7) is 5.73. The molecule has 3 fully saturated rings. The lowest BCUT2D eigenvalue weighted by Crippen LogP contribution is -2.80. The Morgan fingerprint density at radius 1 is 1.38 bits per heavy atom. The molecule has 1 saturated carbocycles. The Morgan fingerprint density at radius 2 is 2.14 bits per heavy atom. The molecule has 4 unspecified atom stereocenters. The van der Waals surface area contributed by atoms with Gasteiger partial charge in [-0.15, -0.1) is 0 Å². The standard InChI is InChI=1S/C16H28N2O3/c1-15(2)13-12(7-10-21-13)16(15,17)14(20)18-8-4-3-5-11(18)6-9-19/h11-13,19H,3-10,17H2,1-2H3. The maximum Gasteiger partial charge on any atom is 0.243 e. The molecule has 5 heteroatoms. The number of hydrogen-bond acceptors (Lipinski definition) is 4. The summed E-state index contributed by atoms with van der Waals surface area (Å²) in [5.41, 5.74) is 5.55. The van der Waals surface area contributed by atoms with Crippen molar-refractivity contribution in [3.63, 3.8) is 0 Å². The van der Waals surface area contributed by atoms with Crippen molar-refractivity contribution in [3.8, 4) is 0 Å². The highest BCUT2D eigenvalue weighted by Crippen LogP contribution is 2.59. The lowest BCUT2D eigenvalue weighted by molar-refractivity contribution is -0.187. The molecule has 3 N–H and O–H groups in total. The van der Waals surface area contributed by atoms with Gasteiger partial charge in [-0.3, -0.25) is 4.79 Å². The second-order valence-corrected chi connectivity index (χ2v) is 7.44. The lowest BCUT2D eigenvalue weighted by atomic mass is 9.47. The summed E-state index contributed by atoms with van der Waals surface area (Å²) in [5.74, 6) is 0.231. The first-order valence-electron chi connectivity index (χ1n) is 8.27. The number of nitrogens with zero attached hydrogens (tertiary/aromatic N) is 1. The minimum atomic E-state index is -0.806. The van der Waals surface area contributed by atoms with E-state index in [9.17, 15) is 9.90 Å². The Kier molecular flexibility index (Phi) is 3.79. The number of hydrogen-bond donors (Lipinski definition) is 2. The minimum absolute atomic E-state index is 0.0809. The first-order chi connectivity index (χ1) is 9.94. The Balaban J connectivity index is 1.83. The predicted octanol–water partition coefficient (Wildman–Crippen LogP) is 0.892. The van der Waals surface area contributed by atoms with E-state index < -0.39 is 5.54 Å². The van der Waals surface area contributed by atoms with Crippen LogP contribution in [0.25, 0.3) is 0 Å². The van der Waals surface area contributed by atoms with Crippen molar-refractivity contribution >= 4 is 5.91 Å². The summed E-state index contributed by atoms with van der Waals surface area (Å²) in [5, 5.41) is 9.26. The van der Waals surface area contributed by atoms with Crippen molar-refractivity contribution in [2.75, 3.05) is 19.8 Å². The number of rotatable bonds is 3. The molecule has 3 rings (SSSR count). The smallest absolute Gasteiger partial charge is 0.243 e. The molecular weight excluding hydrogens is 268 g/mol. The van der Waals surface area contributed by atoms with Gasteiger partial charge in [0.05, 0.1) is 6.10 Å². The van der Waals surface area contributed by atoms with Crippen LogP contribution in [-0.2, 0) is 9.53 Å². The largest absolute Gasteiger partial charge is 0.396 e. The Hall–Kier alpha value is -0.650. The Labute approximate surface area is 126 Å². The average Bonchev–Trinajstić information content (AvgIpc) is 2.95. The van der Waals surface area contributed by atoms with Gasteiger partial charge < -0.3 is 20.5 Å². The summed E-state index contributed by atoms with van der Waals surface area (Å²) in [6, 6.07) is 0.147. The van der Waals surface area contributed by atoms with Crippen LogP contribution in [0, 0.1) is 11.3 Å². The molecule has 120 valence electrons. The molecule has 2 heterocycles. The van der Waals surface area contributed by atoms with Crippen molar-refractivity contribution in [2.45, 2.75) is 63.6 Å². The number of nitrogens with two attached hydrogens (primary N) is 1. The van der Waals surface area contributed by atoms with Crippen LogP contribution in [0.5, 0.6) is 0 Å². The van der Waals surface area contributed by atoms with Crippen LogP contribution in [0.4, 0.5) is 0 Å². The molecule has 0 aromatic carbocycles. The zero-order chi connectivity index (χ0) is 15.3. The number of piperidine rings is 1. The highest BCUT2D eigenvalue weighted by atomic mass is 16.5. The molecule has 5 nitrogen and oxygen atoms in total. The quantitative estimate of drug-likeness (QED) is 0.811. The van der Waals surface area contributed by atoms with Crippen LogP contribution in [-0.4, -0.2) is 53.4 Å². The van der Waals surface area contributed by atoms with E-state index in [-0.39, 0.29) is 36.0 Å². The second kappa shape index (κ2) is 5.21. The second-order valence-electron chi connectivity index (χ2n) is 7.44. The molecule has 1 aliphatic carbocycles. The Bertz CT molecular complexity index is 424. The monoisotopic (exact) mass is 296 g/mol. The summed E-state index contributed by atoms with van der Waals surface area (Å²) in [7, 11) is 0. The van der Waals surface area contributed by atoms with E-state index in [1.54, 1.807) is 0 Å². The van der Waals surface area contributed by atoms with E-state index in [0.717, 1.165) is 32.2 Å². The van der Waals surface area contributed by atoms with Gasteiger partial charge in [-0.25, -0.2) is 0 Å². The third-order valence-corrected chi connectivity index (χ3v) is 6.16. The van der Waals surface area contributed by atoms with Gasteiger partial charge in [-0.05, 0) is 32.1 Å². The molecule has 2 aliphatic heterocycles. The number of aliphatic hydroxyl groups excluding tert-OH is 1. The fourth-order valence-electron chi connectivity index (χ4n) is 4.77.